The first kappa shape index (κ1) is 16.0. The van der Waals surface area contributed by atoms with Crippen LogP contribution < -0.4 is 10.1 Å². The number of methoxy groups -OCH3 is 1. The number of amides is 1. The van der Waals surface area contributed by atoms with E-state index in [9.17, 15) is 13.6 Å². The lowest BCUT2D eigenvalue weighted by Gasteiger charge is -2.04. The van der Waals surface area contributed by atoms with Gasteiger partial charge in [0.1, 0.15) is 17.4 Å². The third-order valence-electron chi connectivity index (χ3n) is 3.91. The molecule has 1 N–H and O–H groups in total. The molecule has 4 rings (SSSR count). The lowest BCUT2D eigenvalue weighted by atomic mass is 10.2. The van der Waals surface area contributed by atoms with Crippen molar-refractivity contribution in [2.75, 3.05) is 12.4 Å². The van der Waals surface area contributed by atoms with Crippen LogP contribution in [0.15, 0.2) is 52.9 Å². The number of aromatic nitrogens is 1. The third kappa shape index (κ3) is 2.83. The molecule has 0 unspecified atom stereocenters. The van der Waals surface area contributed by atoms with Gasteiger partial charge < -0.3 is 14.5 Å². The summed E-state index contributed by atoms with van der Waals surface area (Å²) >= 11 is 0. The molecule has 0 aliphatic rings. The molecular weight excluding hydrogens is 342 g/mol. The number of rotatable bonds is 3. The number of nitrogens with zero attached hydrogens (tertiary/aromatic N) is 1. The van der Waals surface area contributed by atoms with Gasteiger partial charge in [0.15, 0.2) is 5.76 Å². The molecule has 0 saturated heterocycles. The van der Waals surface area contributed by atoms with Crippen molar-refractivity contribution >= 4 is 33.6 Å². The maximum Gasteiger partial charge on any atom is 0.291 e. The summed E-state index contributed by atoms with van der Waals surface area (Å²) in [6, 6.07) is 11.6. The van der Waals surface area contributed by atoms with E-state index < -0.39 is 17.5 Å². The fourth-order valence-electron chi connectivity index (χ4n) is 2.63. The van der Waals surface area contributed by atoms with E-state index in [1.165, 1.54) is 6.07 Å². The lowest BCUT2D eigenvalue weighted by molar-refractivity contribution is 0.0998. The number of ether oxygens (including phenoxy) is 1. The maximum absolute atomic E-state index is 13.7. The van der Waals surface area contributed by atoms with Gasteiger partial charge in [0.25, 0.3) is 5.91 Å². The number of carbonyl (C=O) groups is 1. The zero-order valence-electron chi connectivity index (χ0n) is 13.5. The van der Waals surface area contributed by atoms with Gasteiger partial charge in [0, 0.05) is 16.8 Å². The first-order chi connectivity index (χ1) is 12.5. The fourth-order valence-corrected chi connectivity index (χ4v) is 2.63. The van der Waals surface area contributed by atoms with E-state index in [2.05, 4.69) is 10.3 Å². The molecule has 0 aliphatic carbocycles. The number of halogens is 2. The second-order valence-electron chi connectivity index (χ2n) is 5.63. The molecule has 0 aliphatic heterocycles. The van der Waals surface area contributed by atoms with Gasteiger partial charge in [-0.25, -0.2) is 13.8 Å². The molecule has 7 heteroatoms. The van der Waals surface area contributed by atoms with Crippen LogP contribution in [0.25, 0.3) is 22.0 Å². The Bertz CT molecular complexity index is 1150. The second-order valence-corrected chi connectivity index (χ2v) is 5.63. The number of fused-ring (bicyclic) bond motifs is 2. The minimum absolute atomic E-state index is 0.0292. The van der Waals surface area contributed by atoms with E-state index in [0.29, 0.717) is 22.7 Å². The topological polar surface area (TPSA) is 64.4 Å². The highest BCUT2D eigenvalue weighted by atomic mass is 19.1. The van der Waals surface area contributed by atoms with E-state index >= 15 is 0 Å². The molecule has 5 nitrogen and oxygen atoms in total. The Labute approximate surface area is 146 Å². The Morgan fingerprint density at radius 3 is 2.69 bits per heavy atom. The van der Waals surface area contributed by atoms with Crippen molar-refractivity contribution in [2.45, 2.75) is 0 Å². The molecule has 0 saturated carbocycles. The monoisotopic (exact) mass is 354 g/mol. The molecule has 130 valence electrons. The number of furan rings is 1. The van der Waals surface area contributed by atoms with Crippen LogP contribution >= 0.6 is 0 Å². The quantitative estimate of drug-likeness (QED) is 0.587. The molecule has 1 amide bonds. The summed E-state index contributed by atoms with van der Waals surface area (Å²) in [5.74, 6) is -1.60. The van der Waals surface area contributed by atoms with Gasteiger partial charge in [-0.15, -0.1) is 0 Å². The average Bonchev–Trinajstić information content (AvgIpc) is 3.04. The zero-order chi connectivity index (χ0) is 18.3. The van der Waals surface area contributed by atoms with Crippen LogP contribution in [-0.4, -0.2) is 18.0 Å². The Morgan fingerprint density at radius 1 is 1.08 bits per heavy atom. The SMILES string of the molecule is COc1ccc2nc3oc(C(=O)Nc4ccc(F)cc4F)cc3cc2c1. The van der Waals surface area contributed by atoms with Crippen molar-refractivity contribution < 1.29 is 22.7 Å². The minimum Gasteiger partial charge on any atom is -0.497 e. The largest absolute Gasteiger partial charge is 0.497 e. The molecule has 2 aromatic carbocycles. The molecule has 0 atom stereocenters. The number of benzene rings is 2. The van der Waals surface area contributed by atoms with Gasteiger partial charge in [-0.2, -0.15) is 0 Å². The van der Waals surface area contributed by atoms with Crippen molar-refractivity contribution in [2.24, 2.45) is 0 Å². The number of hydrogen-bond acceptors (Lipinski definition) is 4. The second kappa shape index (κ2) is 6.11. The van der Waals surface area contributed by atoms with Crippen LogP contribution in [0.4, 0.5) is 14.5 Å². The number of anilines is 1. The Hall–Kier alpha value is -3.48. The van der Waals surface area contributed by atoms with Gasteiger partial charge >= 0.3 is 0 Å². The van der Waals surface area contributed by atoms with E-state index in [0.717, 1.165) is 17.5 Å². The van der Waals surface area contributed by atoms with Crippen LogP contribution in [0.5, 0.6) is 5.75 Å². The van der Waals surface area contributed by atoms with Gasteiger partial charge in [-0.05, 0) is 42.5 Å². The maximum atomic E-state index is 13.7. The Balaban J connectivity index is 1.69. The highest BCUT2D eigenvalue weighted by molar-refractivity contribution is 6.05. The van der Waals surface area contributed by atoms with E-state index in [-0.39, 0.29) is 17.2 Å². The Morgan fingerprint density at radius 2 is 1.92 bits per heavy atom. The number of nitrogens with one attached hydrogen (secondary N) is 1. The van der Waals surface area contributed by atoms with E-state index in [4.69, 9.17) is 9.15 Å². The number of hydrogen-bond donors (Lipinski definition) is 1. The summed E-state index contributed by atoms with van der Waals surface area (Å²) < 4.78 is 37.3. The van der Waals surface area contributed by atoms with Crippen molar-refractivity contribution in [3.8, 4) is 5.75 Å². The number of carbonyl (C=O) groups excluding carboxylic acids is 1. The summed E-state index contributed by atoms with van der Waals surface area (Å²) in [6.07, 6.45) is 0. The van der Waals surface area contributed by atoms with Crippen LogP contribution in [0, 0.1) is 11.6 Å². The molecule has 4 aromatic rings. The van der Waals surface area contributed by atoms with Gasteiger partial charge in [0.05, 0.1) is 18.3 Å². The highest BCUT2D eigenvalue weighted by Gasteiger charge is 2.16. The molecule has 2 heterocycles. The highest BCUT2D eigenvalue weighted by Crippen LogP contribution is 2.26. The van der Waals surface area contributed by atoms with Crippen LogP contribution in [0.3, 0.4) is 0 Å². The molecule has 26 heavy (non-hydrogen) atoms. The van der Waals surface area contributed by atoms with Crippen LogP contribution in [0.1, 0.15) is 10.6 Å². The summed E-state index contributed by atoms with van der Waals surface area (Å²) in [5.41, 5.74) is 0.830. The molecule has 0 spiro atoms. The van der Waals surface area contributed by atoms with Crippen molar-refractivity contribution in [3.63, 3.8) is 0 Å². The first-order valence-corrected chi connectivity index (χ1v) is 7.68. The van der Waals surface area contributed by atoms with Crippen molar-refractivity contribution in [1.29, 1.82) is 0 Å². The predicted molar refractivity (Wildman–Crippen MR) is 92.4 cm³/mol. The van der Waals surface area contributed by atoms with E-state index in [1.54, 1.807) is 19.2 Å². The van der Waals surface area contributed by atoms with E-state index in [1.807, 2.05) is 12.1 Å². The Kier molecular flexibility index (Phi) is 3.76. The first-order valence-electron chi connectivity index (χ1n) is 7.68. The fraction of sp³-hybridized carbons (Fsp3) is 0.0526. The van der Waals surface area contributed by atoms with Crippen molar-refractivity contribution in [1.82, 2.24) is 4.98 Å². The predicted octanol–water partition coefficient (Wildman–Crippen LogP) is 4.52. The third-order valence-corrected chi connectivity index (χ3v) is 3.91. The van der Waals surface area contributed by atoms with Crippen LogP contribution in [0.2, 0.25) is 0 Å². The normalized spacial score (nSPS) is 11.0. The average molecular weight is 354 g/mol. The molecule has 0 radical (unpaired) electrons. The number of pyridine rings is 1. The summed E-state index contributed by atoms with van der Waals surface area (Å²) in [6.45, 7) is 0. The van der Waals surface area contributed by atoms with Gasteiger partial charge in [-0.1, -0.05) is 0 Å². The van der Waals surface area contributed by atoms with Gasteiger partial charge in [0.2, 0.25) is 5.71 Å². The summed E-state index contributed by atoms with van der Waals surface area (Å²) in [7, 11) is 1.57. The molecule has 0 fully saturated rings. The molecule has 0 bridgehead atoms. The molecular formula is C19H12F2N2O3. The van der Waals surface area contributed by atoms with Crippen LogP contribution in [-0.2, 0) is 0 Å². The molecule has 2 aromatic heterocycles. The van der Waals surface area contributed by atoms with Crippen molar-refractivity contribution in [3.05, 3.63) is 65.9 Å². The van der Waals surface area contributed by atoms with Gasteiger partial charge in [-0.3, -0.25) is 4.79 Å². The summed E-state index contributed by atoms with van der Waals surface area (Å²) in [5, 5.41) is 3.80. The minimum atomic E-state index is -0.870. The smallest absolute Gasteiger partial charge is 0.291 e. The zero-order valence-corrected chi connectivity index (χ0v) is 13.5. The standard InChI is InChI=1S/C19H12F2N2O3/c1-25-13-3-5-15-10(7-13)6-11-8-17(26-19(11)23-15)18(24)22-16-4-2-12(20)9-14(16)21/h2-9H,1H3,(H,22,24). The lowest BCUT2D eigenvalue weighted by Crippen LogP contribution is -2.12. The summed E-state index contributed by atoms with van der Waals surface area (Å²) in [4.78, 5) is 16.7.